The van der Waals surface area contributed by atoms with E-state index in [1.54, 1.807) is 24.3 Å². The van der Waals surface area contributed by atoms with Gasteiger partial charge >= 0.3 is 0 Å². The second-order valence-electron chi connectivity index (χ2n) is 3.93. The molecular formula is C14H14FNO2. The molecule has 0 saturated carbocycles. The number of rotatable bonds is 4. The molecule has 0 fully saturated rings. The Kier molecular flexibility index (Phi) is 3.79. The first-order valence-electron chi connectivity index (χ1n) is 5.55. The van der Waals surface area contributed by atoms with Crippen molar-refractivity contribution in [3.8, 4) is 5.75 Å². The Morgan fingerprint density at radius 2 is 1.83 bits per heavy atom. The highest BCUT2D eigenvalue weighted by Gasteiger charge is 2.02. The average Bonchev–Trinajstić information content (AvgIpc) is 2.40. The minimum Gasteiger partial charge on any atom is -0.489 e. The van der Waals surface area contributed by atoms with Crippen LogP contribution in [-0.2, 0) is 13.2 Å². The molecular weight excluding hydrogens is 233 g/mol. The SMILES string of the molecule is Nc1ccc(F)cc1COc1ccc(CO)cc1. The molecule has 0 aliphatic carbocycles. The van der Waals surface area contributed by atoms with Crippen molar-refractivity contribution in [2.24, 2.45) is 0 Å². The summed E-state index contributed by atoms with van der Waals surface area (Å²) >= 11 is 0. The van der Waals surface area contributed by atoms with Crippen LogP contribution in [0.5, 0.6) is 5.75 Å². The summed E-state index contributed by atoms with van der Waals surface area (Å²) in [7, 11) is 0. The number of aliphatic hydroxyl groups excluding tert-OH is 1. The number of hydrogen-bond donors (Lipinski definition) is 2. The van der Waals surface area contributed by atoms with E-state index in [-0.39, 0.29) is 19.0 Å². The maximum Gasteiger partial charge on any atom is 0.123 e. The Bertz CT molecular complexity index is 526. The van der Waals surface area contributed by atoms with Crippen molar-refractivity contribution in [2.45, 2.75) is 13.2 Å². The first-order valence-corrected chi connectivity index (χ1v) is 5.55. The maximum absolute atomic E-state index is 13.0. The number of benzene rings is 2. The molecule has 94 valence electrons. The fourth-order valence-electron chi connectivity index (χ4n) is 1.55. The summed E-state index contributed by atoms with van der Waals surface area (Å²) in [5.41, 5.74) is 7.65. The lowest BCUT2D eigenvalue weighted by atomic mass is 10.2. The third kappa shape index (κ3) is 2.99. The molecule has 2 aromatic rings. The second-order valence-corrected chi connectivity index (χ2v) is 3.93. The van der Waals surface area contributed by atoms with Gasteiger partial charge in [0.1, 0.15) is 18.2 Å². The van der Waals surface area contributed by atoms with E-state index in [1.807, 2.05) is 0 Å². The molecule has 3 N–H and O–H groups in total. The highest BCUT2D eigenvalue weighted by molar-refractivity contribution is 5.46. The van der Waals surface area contributed by atoms with Gasteiger partial charge in [-0.05, 0) is 35.9 Å². The molecule has 0 atom stereocenters. The van der Waals surface area contributed by atoms with E-state index in [0.717, 1.165) is 5.56 Å². The molecule has 4 heteroatoms. The summed E-state index contributed by atoms with van der Waals surface area (Å²) in [6.45, 7) is 0.208. The van der Waals surface area contributed by atoms with Crippen LogP contribution in [-0.4, -0.2) is 5.11 Å². The summed E-state index contributed by atoms with van der Waals surface area (Å²) in [5.74, 6) is 0.314. The number of halogens is 1. The minimum absolute atomic E-state index is 0.00285. The Morgan fingerprint density at radius 3 is 2.50 bits per heavy atom. The van der Waals surface area contributed by atoms with Crippen LogP contribution in [0.1, 0.15) is 11.1 Å². The highest BCUT2D eigenvalue weighted by atomic mass is 19.1. The van der Waals surface area contributed by atoms with Crippen LogP contribution in [0, 0.1) is 5.82 Å². The summed E-state index contributed by atoms with van der Waals surface area (Å²) in [6, 6.07) is 11.2. The molecule has 0 aliphatic rings. The third-order valence-corrected chi connectivity index (χ3v) is 2.61. The van der Waals surface area contributed by atoms with Crippen LogP contribution >= 0.6 is 0 Å². The lowest BCUT2D eigenvalue weighted by Crippen LogP contribution is -2.01. The lowest BCUT2D eigenvalue weighted by molar-refractivity contribution is 0.280. The summed E-state index contributed by atoms with van der Waals surface area (Å²) in [4.78, 5) is 0. The molecule has 0 heterocycles. The topological polar surface area (TPSA) is 55.5 Å². The third-order valence-electron chi connectivity index (χ3n) is 2.61. The number of nitrogen functional groups attached to an aromatic ring is 1. The number of aliphatic hydroxyl groups is 1. The van der Waals surface area contributed by atoms with Gasteiger partial charge in [-0.15, -0.1) is 0 Å². The van der Waals surface area contributed by atoms with Gasteiger partial charge in [0.15, 0.2) is 0 Å². The van der Waals surface area contributed by atoms with Crippen LogP contribution in [0.2, 0.25) is 0 Å². The van der Waals surface area contributed by atoms with E-state index < -0.39 is 0 Å². The van der Waals surface area contributed by atoms with Gasteiger partial charge in [-0.2, -0.15) is 0 Å². The fraction of sp³-hybridized carbons (Fsp3) is 0.143. The summed E-state index contributed by atoms with van der Waals surface area (Å²) in [5, 5.41) is 8.90. The van der Waals surface area contributed by atoms with E-state index in [1.165, 1.54) is 18.2 Å². The molecule has 0 spiro atoms. The van der Waals surface area contributed by atoms with Crippen molar-refractivity contribution in [3.05, 3.63) is 59.4 Å². The molecule has 0 saturated heterocycles. The van der Waals surface area contributed by atoms with Crippen molar-refractivity contribution in [2.75, 3.05) is 5.73 Å². The number of nitrogens with two attached hydrogens (primary N) is 1. The van der Waals surface area contributed by atoms with Crippen molar-refractivity contribution in [3.63, 3.8) is 0 Å². The normalized spacial score (nSPS) is 10.3. The van der Waals surface area contributed by atoms with Crippen LogP contribution in [0.3, 0.4) is 0 Å². The molecule has 0 unspecified atom stereocenters. The zero-order valence-corrected chi connectivity index (χ0v) is 9.77. The van der Waals surface area contributed by atoms with Gasteiger partial charge in [-0.1, -0.05) is 12.1 Å². The van der Waals surface area contributed by atoms with E-state index in [9.17, 15) is 4.39 Å². The predicted molar refractivity (Wildman–Crippen MR) is 67.5 cm³/mol. The molecule has 0 radical (unpaired) electrons. The summed E-state index contributed by atoms with van der Waals surface area (Å²) in [6.07, 6.45) is 0. The van der Waals surface area contributed by atoms with Gasteiger partial charge in [0, 0.05) is 11.3 Å². The Hall–Kier alpha value is -2.07. The Balaban J connectivity index is 2.04. The van der Waals surface area contributed by atoms with Crippen LogP contribution < -0.4 is 10.5 Å². The van der Waals surface area contributed by atoms with Gasteiger partial charge in [0.2, 0.25) is 0 Å². The molecule has 0 amide bonds. The molecule has 0 aromatic heterocycles. The Morgan fingerprint density at radius 1 is 1.11 bits per heavy atom. The quantitative estimate of drug-likeness (QED) is 0.816. The maximum atomic E-state index is 13.0. The number of hydrogen-bond acceptors (Lipinski definition) is 3. The van der Waals surface area contributed by atoms with E-state index in [0.29, 0.717) is 17.0 Å². The molecule has 18 heavy (non-hydrogen) atoms. The fourth-order valence-corrected chi connectivity index (χ4v) is 1.55. The largest absolute Gasteiger partial charge is 0.489 e. The molecule has 2 rings (SSSR count). The number of ether oxygens (including phenoxy) is 1. The highest BCUT2D eigenvalue weighted by Crippen LogP contribution is 2.18. The summed E-state index contributed by atoms with van der Waals surface area (Å²) < 4.78 is 18.5. The van der Waals surface area contributed by atoms with Crippen molar-refractivity contribution in [1.29, 1.82) is 0 Å². The molecule has 2 aromatic carbocycles. The van der Waals surface area contributed by atoms with Gasteiger partial charge in [-0.3, -0.25) is 0 Å². The molecule has 0 bridgehead atoms. The predicted octanol–water partition coefficient (Wildman–Crippen LogP) is 2.48. The minimum atomic E-state index is -0.335. The van der Waals surface area contributed by atoms with Gasteiger partial charge in [0.25, 0.3) is 0 Å². The van der Waals surface area contributed by atoms with E-state index >= 15 is 0 Å². The second kappa shape index (κ2) is 5.51. The smallest absolute Gasteiger partial charge is 0.123 e. The standard InChI is InChI=1S/C14H14FNO2/c15-12-3-6-14(16)11(7-12)9-18-13-4-1-10(8-17)2-5-13/h1-7,17H,8-9,16H2. The zero-order chi connectivity index (χ0) is 13.0. The molecule has 0 aliphatic heterocycles. The lowest BCUT2D eigenvalue weighted by Gasteiger charge is -2.09. The van der Waals surface area contributed by atoms with Crippen LogP contribution in [0.25, 0.3) is 0 Å². The van der Waals surface area contributed by atoms with Crippen LogP contribution in [0.4, 0.5) is 10.1 Å². The van der Waals surface area contributed by atoms with Crippen molar-refractivity contribution < 1.29 is 14.2 Å². The van der Waals surface area contributed by atoms with Gasteiger partial charge in [-0.25, -0.2) is 4.39 Å². The zero-order valence-electron chi connectivity index (χ0n) is 9.77. The molecule has 3 nitrogen and oxygen atoms in total. The van der Waals surface area contributed by atoms with E-state index in [4.69, 9.17) is 15.6 Å². The van der Waals surface area contributed by atoms with E-state index in [2.05, 4.69) is 0 Å². The first-order chi connectivity index (χ1) is 8.69. The monoisotopic (exact) mass is 247 g/mol. The van der Waals surface area contributed by atoms with Crippen molar-refractivity contribution in [1.82, 2.24) is 0 Å². The van der Waals surface area contributed by atoms with Gasteiger partial charge < -0.3 is 15.6 Å². The van der Waals surface area contributed by atoms with Crippen LogP contribution in [0.15, 0.2) is 42.5 Å². The number of anilines is 1. The Labute approximate surface area is 105 Å². The first kappa shape index (κ1) is 12.4. The van der Waals surface area contributed by atoms with Gasteiger partial charge in [0.05, 0.1) is 6.61 Å². The average molecular weight is 247 g/mol. The van der Waals surface area contributed by atoms with Crippen molar-refractivity contribution >= 4 is 5.69 Å².